The highest BCUT2D eigenvalue weighted by Gasteiger charge is 2.09. The highest BCUT2D eigenvalue weighted by atomic mass is 79.9. The normalized spacial score (nSPS) is 13.2. The van der Waals surface area contributed by atoms with Crippen molar-refractivity contribution in [3.8, 4) is 0 Å². The monoisotopic (exact) mass is 280 g/mol. The standard InChI is InChI=1S/C13H17BrN2/c1-9(15-2)7-10-8-11-12(14)5-4-6-13(11)16(10)3/h4-6,8-9,15H,7H2,1-3H3. The molecule has 0 bridgehead atoms. The van der Waals surface area contributed by atoms with E-state index in [1.807, 2.05) is 7.05 Å². The van der Waals surface area contributed by atoms with Gasteiger partial charge in [0, 0.05) is 40.6 Å². The Bertz CT molecular complexity index is 502. The van der Waals surface area contributed by atoms with Gasteiger partial charge in [-0.05, 0) is 32.2 Å². The largest absolute Gasteiger partial charge is 0.348 e. The third-order valence-corrected chi connectivity index (χ3v) is 3.83. The van der Waals surface area contributed by atoms with Gasteiger partial charge < -0.3 is 9.88 Å². The second-order valence-electron chi connectivity index (χ2n) is 4.26. The molecule has 1 aromatic carbocycles. The molecule has 0 amide bonds. The van der Waals surface area contributed by atoms with Crippen LogP contribution in [-0.4, -0.2) is 17.7 Å². The smallest absolute Gasteiger partial charge is 0.0491 e. The average molecular weight is 281 g/mol. The molecule has 2 aromatic rings. The lowest BCUT2D eigenvalue weighted by Crippen LogP contribution is -2.24. The Hall–Kier alpha value is -0.800. The summed E-state index contributed by atoms with van der Waals surface area (Å²) in [6.45, 7) is 2.20. The molecule has 0 aliphatic rings. The zero-order chi connectivity index (χ0) is 11.7. The number of rotatable bonds is 3. The van der Waals surface area contributed by atoms with Gasteiger partial charge in [0.25, 0.3) is 0 Å². The predicted octanol–water partition coefficient (Wildman–Crippen LogP) is 3.09. The Balaban J connectivity index is 2.48. The van der Waals surface area contributed by atoms with E-state index < -0.39 is 0 Å². The van der Waals surface area contributed by atoms with Crippen molar-refractivity contribution in [2.24, 2.45) is 7.05 Å². The number of hydrogen-bond acceptors (Lipinski definition) is 1. The summed E-state index contributed by atoms with van der Waals surface area (Å²) in [5.74, 6) is 0. The van der Waals surface area contributed by atoms with Crippen molar-refractivity contribution in [2.75, 3.05) is 7.05 Å². The van der Waals surface area contributed by atoms with E-state index in [0.29, 0.717) is 6.04 Å². The molecule has 86 valence electrons. The fourth-order valence-corrected chi connectivity index (χ4v) is 2.46. The number of aromatic nitrogens is 1. The van der Waals surface area contributed by atoms with Crippen LogP contribution in [0.3, 0.4) is 0 Å². The van der Waals surface area contributed by atoms with Gasteiger partial charge in [0.1, 0.15) is 0 Å². The molecule has 0 aliphatic heterocycles. The van der Waals surface area contributed by atoms with Crippen molar-refractivity contribution in [2.45, 2.75) is 19.4 Å². The third-order valence-electron chi connectivity index (χ3n) is 3.14. The van der Waals surface area contributed by atoms with Gasteiger partial charge in [-0.25, -0.2) is 0 Å². The number of nitrogens with one attached hydrogen (secondary N) is 1. The lowest BCUT2D eigenvalue weighted by atomic mass is 10.2. The molecule has 1 unspecified atom stereocenters. The van der Waals surface area contributed by atoms with Crippen molar-refractivity contribution in [3.63, 3.8) is 0 Å². The number of likely N-dealkylation sites (N-methyl/N-ethyl adjacent to an activating group) is 1. The molecule has 0 aliphatic carbocycles. The van der Waals surface area contributed by atoms with Gasteiger partial charge in [-0.15, -0.1) is 0 Å². The second kappa shape index (κ2) is 4.60. The molecule has 0 saturated carbocycles. The minimum atomic E-state index is 0.502. The van der Waals surface area contributed by atoms with Crippen LogP contribution in [0.5, 0.6) is 0 Å². The summed E-state index contributed by atoms with van der Waals surface area (Å²) in [6, 6.07) is 9.11. The van der Waals surface area contributed by atoms with Gasteiger partial charge in [0.15, 0.2) is 0 Å². The summed E-state index contributed by atoms with van der Waals surface area (Å²) in [5, 5.41) is 4.57. The highest BCUT2D eigenvalue weighted by Crippen LogP contribution is 2.26. The van der Waals surface area contributed by atoms with E-state index in [1.54, 1.807) is 0 Å². The summed E-state index contributed by atoms with van der Waals surface area (Å²) >= 11 is 3.60. The van der Waals surface area contributed by atoms with E-state index in [-0.39, 0.29) is 0 Å². The van der Waals surface area contributed by atoms with Gasteiger partial charge in [0.2, 0.25) is 0 Å². The summed E-state index contributed by atoms with van der Waals surface area (Å²) in [7, 11) is 4.13. The van der Waals surface area contributed by atoms with Crippen LogP contribution in [0, 0.1) is 0 Å². The van der Waals surface area contributed by atoms with Gasteiger partial charge in [-0.1, -0.05) is 22.0 Å². The Morgan fingerprint density at radius 2 is 2.19 bits per heavy atom. The third kappa shape index (κ3) is 2.02. The fraction of sp³-hybridized carbons (Fsp3) is 0.385. The molecule has 2 nitrogen and oxygen atoms in total. The van der Waals surface area contributed by atoms with Crippen LogP contribution in [-0.2, 0) is 13.5 Å². The van der Waals surface area contributed by atoms with Gasteiger partial charge >= 0.3 is 0 Å². The first-order valence-corrected chi connectivity index (χ1v) is 6.33. The van der Waals surface area contributed by atoms with Crippen molar-refractivity contribution in [1.82, 2.24) is 9.88 Å². The molecule has 3 heteroatoms. The number of halogens is 1. The molecule has 1 aromatic heterocycles. The van der Waals surface area contributed by atoms with Crippen LogP contribution < -0.4 is 5.32 Å². The van der Waals surface area contributed by atoms with Crippen LogP contribution >= 0.6 is 15.9 Å². The Labute approximate surface area is 105 Å². The van der Waals surface area contributed by atoms with Crippen LogP contribution in [0.4, 0.5) is 0 Å². The predicted molar refractivity (Wildman–Crippen MR) is 72.8 cm³/mol. The molecule has 1 atom stereocenters. The molecular formula is C13H17BrN2. The molecule has 16 heavy (non-hydrogen) atoms. The summed E-state index contributed by atoms with van der Waals surface area (Å²) in [5.41, 5.74) is 2.65. The van der Waals surface area contributed by atoms with E-state index in [9.17, 15) is 0 Å². The van der Waals surface area contributed by atoms with Crippen LogP contribution in [0.25, 0.3) is 10.9 Å². The van der Waals surface area contributed by atoms with E-state index in [1.165, 1.54) is 21.1 Å². The first-order chi connectivity index (χ1) is 7.63. The zero-order valence-corrected chi connectivity index (χ0v) is 11.5. The maximum Gasteiger partial charge on any atom is 0.0491 e. The van der Waals surface area contributed by atoms with E-state index in [4.69, 9.17) is 0 Å². The number of hydrogen-bond donors (Lipinski definition) is 1. The number of aryl methyl sites for hydroxylation is 1. The molecule has 0 fully saturated rings. The van der Waals surface area contributed by atoms with Crippen LogP contribution in [0.2, 0.25) is 0 Å². The maximum absolute atomic E-state index is 3.60. The van der Waals surface area contributed by atoms with Crippen molar-refractivity contribution in [1.29, 1.82) is 0 Å². The molecular weight excluding hydrogens is 264 g/mol. The maximum atomic E-state index is 3.60. The Morgan fingerprint density at radius 1 is 1.44 bits per heavy atom. The van der Waals surface area contributed by atoms with Crippen molar-refractivity contribution >= 4 is 26.8 Å². The van der Waals surface area contributed by atoms with Crippen molar-refractivity contribution in [3.05, 3.63) is 34.4 Å². The number of benzene rings is 1. The summed E-state index contributed by atoms with van der Waals surface area (Å²) in [4.78, 5) is 0. The zero-order valence-electron chi connectivity index (χ0n) is 9.92. The van der Waals surface area contributed by atoms with Gasteiger partial charge in [-0.3, -0.25) is 0 Å². The molecule has 1 N–H and O–H groups in total. The average Bonchev–Trinajstić information content (AvgIpc) is 2.58. The summed E-state index contributed by atoms with van der Waals surface area (Å²) in [6.07, 6.45) is 1.05. The van der Waals surface area contributed by atoms with Gasteiger partial charge in [-0.2, -0.15) is 0 Å². The Kier molecular flexibility index (Phi) is 3.36. The van der Waals surface area contributed by atoms with Crippen LogP contribution in [0.1, 0.15) is 12.6 Å². The minimum Gasteiger partial charge on any atom is -0.348 e. The molecule has 1 heterocycles. The number of fused-ring (bicyclic) bond motifs is 1. The molecule has 0 saturated heterocycles. The lowest BCUT2D eigenvalue weighted by Gasteiger charge is -2.10. The van der Waals surface area contributed by atoms with Gasteiger partial charge in [0.05, 0.1) is 0 Å². The lowest BCUT2D eigenvalue weighted by molar-refractivity contribution is 0.591. The second-order valence-corrected chi connectivity index (χ2v) is 5.12. The number of nitrogens with zero attached hydrogens (tertiary/aromatic N) is 1. The van der Waals surface area contributed by atoms with Crippen molar-refractivity contribution < 1.29 is 0 Å². The highest BCUT2D eigenvalue weighted by molar-refractivity contribution is 9.10. The molecule has 0 radical (unpaired) electrons. The first kappa shape index (κ1) is 11.7. The molecule has 0 spiro atoms. The summed E-state index contributed by atoms with van der Waals surface area (Å²) < 4.78 is 3.44. The van der Waals surface area contributed by atoms with E-state index >= 15 is 0 Å². The quantitative estimate of drug-likeness (QED) is 0.914. The first-order valence-electron chi connectivity index (χ1n) is 5.53. The minimum absolute atomic E-state index is 0.502. The Morgan fingerprint density at radius 3 is 2.81 bits per heavy atom. The molecule has 2 rings (SSSR count). The van der Waals surface area contributed by atoms with E-state index in [0.717, 1.165) is 6.42 Å². The van der Waals surface area contributed by atoms with Crippen LogP contribution in [0.15, 0.2) is 28.7 Å². The topological polar surface area (TPSA) is 17.0 Å². The fourth-order valence-electron chi connectivity index (χ4n) is 1.99. The van der Waals surface area contributed by atoms with E-state index in [2.05, 4.69) is 64.1 Å². The SMILES string of the molecule is CNC(C)Cc1cc2c(Br)cccc2n1C.